The second kappa shape index (κ2) is 25.1. The summed E-state index contributed by atoms with van der Waals surface area (Å²) in [6, 6.07) is 2.69. The standard InChI is InChI=1S/C54H79N9O11/c1-13-14-18-37-47(65)59-40(27-35-28-62(54(9,10)46-29-74-46)41-19-16-15-17-36(35)41)53(71)61(12)44(24-32(6)7)51(69)58-39(25-34-20-21-45(64)42(26-34)63(72)73)48(66)55-33(8)52(70)60(11)43(23-31(4)5)50(68)57-38(22-30(2)3)49(67)56-37/h13-17,19-21,26,28,30-33,37-40,43-44,46,64,72-73H,18,22-25,27,29H2,1-12H3,(H,55,66)(H,56,67)(H,57,68)(H,58,69)(H,59,65)/b14-13+/t33-,37-,38-,39-,40-,43-,44-,46?/m0/s1. The molecule has 20 nitrogen and oxygen atoms in total. The van der Waals surface area contributed by atoms with E-state index in [-0.39, 0.29) is 73.2 Å². The fourth-order valence-corrected chi connectivity index (χ4v) is 9.52. The van der Waals surface area contributed by atoms with E-state index in [1.165, 1.54) is 49.0 Å². The van der Waals surface area contributed by atoms with Crippen molar-refractivity contribution in [1.29, 1.82) is 0 Å². The smallest absolute Gasteiger partial charge is 0.245 e. The Balaban J connectivity index is 1.68. The van der Waals surface area contributed by atoms with E-state index in [4.69, 9.17) is 4.74 Å². The van der Waals surface area contributed by atoms with Gasteiger partial charge in [-0.2, -0.15) is 0 Å². The predicted octanol–water partition coefficient (Wildman–Crippen LogP) is 4.07. The number of likely N-dealkylation sites (N-methyl/N-ethyl adjacent to an activating group) is 2. The van der Waals surface area contributed by atoms with Gasteiger partial charge in [-0.05, 0) is 100 Å². The number of fused-ring (bicyclic) bond motifs is 1. The van der Waals surface area contributed by atoms with Crippen LogP contribution in [0.15, 0.2) is 60.8 Å². The Labute approximate surface area is 434 Å². The molecule has 406 valence electrons. The Morgan fingerprint density at radius 2 is 1.23 bits per heavy atom. The number of nitrogens with one attached hydrogen (secondary N) is 5. The van der Waals surface area contributed by atoms with Crippen molar-refractivity contribution in [3.8, 4) is 5.75 Å². The number of allylic oxidation sites excluding steroid dienone is 1. The van der Waals surface area contributed by atoms with E-state index in [1.807, 2.05) is 72.0 Å². The molecular formula is C54H79N9O11. The summed E-state index contributed by atoms with van der Waals surface area (Å²) in [4.78, 5) is 105. The molecule has 5 rings (SSSR count). The minimum absolute atomic E-state index is 0.0190. The van der Waals surface area contributed by atoms with Gasteiger partial charge in [-0.1, -0.05) is 78.0 Å². The maximum atomic E-state index is 15.3. The third kappa shape index (κ3) is 14.6. The molecule has 0 saturated carbocycles. The van der Waals surface area contributed by atoms with Gasteiger partial charge in [-0.15, -0.1) is 5.23 Å². The Morgan fingerprint density at radius 1 is 0.703 bits per heavy atom. The van der Waals surface area contributed by atoms with E-state index in [1.54, 1.807) is 19.1 Å². The topological polar surface area (TPSA) is 268 Å². The largest absolute Gasteiger partial charge is 0.506 e. The second-order valence-corrected chi connectivity index (χ2v) is 21.6. The van der Waals surface area contributed by atoms with Crippen molar-refractivity contribution in [3.63, 3.8) is 0 Å². The number of carbonyl (C=O) groups excluding carboxylic acids is 7. The minimum Gasteiger partial charge on any atom is -0.506 e. The van der Waals surface area contributed by atoms with Gasteiger partial charge in [0.15, 0.2) is 0 Å². The van der Waals surface area contributed by atoms with Crippen LogP contribution in [-0.4, -0.2) is 140 Å². The number of phenols is 1. The lowest BCUT2D eigenvalue weighted by atomic mass is 9.98. The van der Waals surface area contributed by atoms with Crippen LogP contribution < -0.4 is 31.8 Å². The van der Waals surface area contributed by atoms with E-state index in [0.29, 0.717) is 12.2 Å². The molecule has 20 heteroatoms. The maximum Gasteiger partial charge on any atom is 0.245 e. The lowest BCUT2D eigenvalue weighted by Crippen LogP contribution is -2.60. The minimum atomic E-state index is -1.46. The third-order valence-corrected chi connectivity index (χ3v) is 13.8. The highest BCUT2D eigenvalue weighted by atomic mass is 16.8. The highest BCUT2D eigenvalue weighted by Gasteiger charge is 2.43. The highest BCUT2D eigenvalue weighted by Crippen LogP contribution is 2.36. The molecular weight excluding hydrogens is 951 g/mol. The van der Waals surface area contributed by atoms with Gasteiger partial charge in [0.2, 0.25) is 41.4 Å². The normalized spacial score (nSPS) is 24.5. The molecule has 74 heavy (non-hydrogen) atoms. The number of anilines is 1. The molecule has 0 radical (unpaired) electrons. The molecule has 1 aromatic heterocycles. The molecule has 8 atom stereocenters. The number of hydrogen-bond donors (Lipinski definition) is 8. The molecule has 3 heterocycles. The molecule has 0 spiro atoms. The maximum absolute atomic E-state index is 15.3. The molecule has 2 fully saturated rings. The third-order valence-electron chi connectivity index (χ3n) is 13.8. The van der Waals surface area contributed by atoms with Crippen LogP contribution >= 0.6 is 0 Å². The quantitative estimate of drug-likeness (QED) is 0.0609. The molecule has 0 bridgehead atoms. The number of nitrogens with zero attached hydrogens (tertiary/aromatic N) is 4. The van der Waals surface area contributed by atoms with Crippen LogP contribution in [0.25, 0.3) is 10.9 Å². The first kappa shape index (κ1) is 58.4. The molecule has 2 aliphatic heterocycles. The molecule has 2 aromatic carbocycles. The van der Waals surface area contributed by atoms with Gasteiger partial charge >= 0.3 is 0 Å². The number of amides is 7. The van der Waals surface area contributed by atoms with Gasteiger partial charge < -0.3 is 50.8 Å². The Bertz CT molecular complexity index is 2530. The van der Waals surface area contributed by atoms with Gasteiger partial charge in [0.25, 0.3) is 0 Å². The number of benzene rings is 2. The number of aromatic hydroxyl groups is 1. The number of phenolic OH excluding ortho intramolecular Hbond substituents is 1. The number of epoxide rings is 1. The van der Waals surface area contributed by atoms with Crippen LogP contribution in [0, 0.1) is 17.8 Å². The average molecular weight is 1030 g/mol. The summed E-state index contributed by atoms with van der Waals surface area (Å²) in [7, 11) is 2.87. The zero-order chi connectivity index (χ0) is 54.9. The van der Waals surface area contributed by atoms with Crippen LogP contribution in [0.4, 0.5) is 5.69 Å². The molecule has 3 aromatic rings. The van der Waals surface area contributed by atoms with Crippen molar-refractivity contribution in [1.82, 2.24) is 41.0 Å². The van der Waals surface area contributed by atoms with E-state index in [2.05, 4.69) is 45.0 Å². The van der Waals surface area contributed by atoms with E-state index in [9.17, 15) is 44.3 Å². The molecule has 2 aliphatic rings. The Kier molecular flexibility index (Phi) is 19.8. The van der Waals surface area contributed by atoms with Gasteiger partial charge in [0, 0.05) is 44.0 Å². The average Bonchev–Trinajstić information content (AvgIpc) is 4.14. The Morgan fingerprint density at radius 3 is 1.80 bits per heavy atom. The molecule has 1 unspecified atom stereocenters. The monoisotopic (exact) mass is 1030 g/mol. The van der Waals surface area contributed by atoms with Gasteiger partial charge in [0.1, 0.15) is 59.8 Å². The number of rotatable bonds is 15. The first-order valence-electron chi connectivity index (χ1n) is 25.6. The number of carbonyl (C=O) groups is 7. The van der Waals surface area contributed by atoms with E-state index < -0.39 is 101 Å². The summed E-state index contributed by atoms with van der Waals surface area (Å²) in [5, 5.41) is 44.8. The summed E-state index contributed by atoms with van der Waals surface area (Å²) in [5.74, 6) is -5.79. The lowest BCUT2D eigenvalue weighted by Gasteiger charge is -2.33. The van der Waals surface area contributed by atoms with Crippen LogP contribution in [-0.2, 0) is 56.7 Å². The zero-order valence-electron chi connectivity index (χ0n) is 45.0. The van der Waals surface area contributed by atoms with Crippen molar-refractivity contribution in [2.75, 3.05) is 25.9 Å². The summed E-state index contributed by atoms with van der Waals surface area (Å²) in [6.07, 6.45) is 5.44. The van der Waals surface area contributed by atoms with Crippen molar-refractivity contribution in [2.24, 2.45) is 17.8 Å². The number of para-hydroxylation sites is 1. The Hall–Kier alpha value is -6.51. The summed E-state index contributed by atoms with van der Waals surface area (Å²) in [6.45, 7) is 19.1. The first-order chi connectivity index (χ1) is 34.7. The van der Waals surface area contributed by atoms with Gasteiger partial charge in [-0.25, -0.2) is 0 Å². The number of aromatic nitrogens is 1. The van der Waals surface area contributed by atoms with Crippen molar-refractivity contribution in [2.45, 2.75) is 162 Å². The summed E-state index contributed by atoms with van der Waals surface area (Å²) < 4.78 is 7.86. The molecule has 7 amide bonds. The summed E-state index contributed by atoms with van der Waals surface area (Å²) >= 11 is 0. The first-order valence-corrected chi connectivity index (χ1v) is 25.6. The van der Waals surface area contributed by atoms with Crippen molar-refractivity contribution in [3.05, 3.63) is 71.9 Å². The van der Waals surface area contributed by atoms with Crippen molar-refractivity contribution >= 4 is 57.9 Å². The summed E-state index contributed by atoms with van der Waals surface area (Å²) in [5.41, 5.74) is 0.942. The number of hydrogen-bond acceptors (Lipinski definition) is 12. The second-order valence-electron chi connectivity index (χ2n) is 21.6. The molecule has 2 saturated heterocycles. The van der Waals surface area contributed by atoms with E-state index in [0.717, 1.165) is 10.9 Å². The van der Waals surface area contributed by atoms with E-state index >= 15 is 4.79 Å². The predicted molar refractivity (Wildman–Crippen MR) is 279 cm³/mol. The molecule has 8 N–H and O–H groups in total. The fraction of sp³-hybridized carbons (Fsp3) is 0.574. The van der Waals surface area contributed by atoms with Crippen LogP contribution in [0.3, 0.4) is 0 Å². The number of ether oxygens (including phenoxy) is 1. The van der Waals surface area contributed by atoms with Crippen LogP contribution in [0.5, 0.6) is 5.75 Å². The van der Waals surface area contributed by atoms with Gasteiger partial charge in [0.05, 0.1) is 12.1 Å². The van der Waals surface area contributed by atoms with Crippen molar-refractivity contribution < 1.29 is 53.8 Å². The molecule has 0 aliphatic carbocycles. The zero-order valence-corrected chi connectivity index (χ0v) is 45.0. The van der Waals surface area contributed by atoms with Gasteiger partial charge in [-0.3, -0.25) is 44.0 Å². The fourth-order valence-electron chi connectivity index (χ4n) is 9.52. The highest BCUT2D eigenvalue weighted by molar-refractivity contribution is 5.99. The van der Waals surface area contributed by atoms with Crippen LogP contribution in [0.2, 0.25) is 0 Å². The SMILES string of the molecule is C/C=C/C[C@@H]1NC(=O)[C@H](CC(C)C)NC(=O)[C@H](CC(C)C)N(C)C(=O)[C@H](C)NC(=O)[C@H](Cc2ccc(O)c(N(O)O)c2)NC(=O)[C@H](CC(C)C)N(C)C(=O)[C@H](Cc2cn(C(C)(C)C3CO3)c3ccccc23)NC1=O. The van der Waals surface area contributed by atoms with Crippen LogP contribution in [0.1, 0.15) is 106 Å². The lowest BCUT2D eigenvalue weighted by molar-refractivity contribution is -0.144.